The summed E-state index contributed by atoms with van der Waals surface area (Å²) in [4.78, 5) is 12.3. The molecule has 0 bridgehead atoms. The number of carbonyl (C=O) groups is 1. The maximum Gasteiger partial charge on any atom is 0.271 e. The SMILES string of the molecule is Nc1ccc(-c2ccc(/C=N/NC(=O)c3ccc(-c4ccc(N)cc4)cc3)cc2)cc1. The first-order valence-corrected chi connectivity index (χ1v) is 9.84. The molecule has 0 saturated carbocycles. The van der Waals surface area contributed by atoms with E-state index in [4.69, 9.17) is 11.5 Å². The average molecular weight is 406 g/mol. The minimum atomic E-state index is -0.265. The summed E-state index contributed by atoms with van der Waals surface area (Å²) in [5, 5.41) is 4.07. The van der Waals surface area contributed by atoms with E-state index in [0.29, 0.717) is 5.56 Å². The Balaban J connectivity index is 1.36. The molecule has 5 heteroatoms. The van der Waals surface area contributed by atoms with Gasteiger partial charge >= 0.3 is 0 Å². The van der Waals surface area contributed by atoms with Crippen LogP contribution >= 0.6 is 0 Å². The lowest BCUT2D eigenvalue weighted by molar-refractivity contribution is 0.0955. The van der Waals surface area contributed by atoms with Crippen molar-refractivity contribution in [3.8, 4) is 22.3 Å². The summed E-state index contributed by atoms with van der Waals surface area (Å²) in [6, 6.07) is 30.6. The van der Waals surface area contributed by atoms with Gasteiger partial charge in [0.25, 0.3) is 5.91 Å². The summed E-state index contributed by atoms with van der Waals surface area (Å²) >= 11 is 0. The molecule has 5 N–H and O–H groups in total. The molecular formula is C26H22N4O. The first kappa shape index (κ1) is 19.9. The number of benzene rings is 4. The maximum absolute atomic E-state index is 12.3. The Morgan fingerprint density at radius 1 is 0.613 bits per heavy atom. The molecule has 0 heterocycles. The van der Waals surface area contributed by atoms with Crippen molar-refractivity contribution in [1.29, 1.82) is 0 Å². The third-order valence-electron chi connectivity index (χ3n) is 4.93. The fraction of sp³-hybridized carbons (Fsp3) is 0. The van der Waals surface area contributed by atoms with Crippen molar-refractivity contribution in [2.45, 2.75) is 0 Å². The Hall–Kier alpha value is -4.38. The van der Waals surface area contributed by atoms with E-state index in [9.17, 15) is 4.79 Å². The van der Waals surface area contributed by atoms with Crippen molar-refractivity contribution in [1.82, 2.24) is 5.43 Å². The summed E-state index contributed by atoms with van der Waals surface area (Å²) < 4.78 is 0. The van der Waals surface area contributed by atoms with Gasteiger partial charge in [0.2, 0.25) is 0 Å². The van der Waals surface area contributed by atoms with Gasteiger partial charge in [0.1, 0.15) is 0 Å². The highest BCUT2D eigenvalue weighted by atomic mass is 16.2. The number of rotatable bonds is 5. The lowest BCUT2D eigenvalue weighted by Crippen LogP contribution is -2.17. The van der Waals surface area contributed by atoms with Crippen molar-refractivity contribution in [3.05, 3.63) is 108 Å². The van der Waals surface area contributed by atoms with Gasteiger partial charge in [-0.05, 0) is 64.2 Å². The van der Waals surface area contributed by atoms with Gasteiger partial charge in [0, 0.05) is 16.9 Å². The van der Waals surface area contributed by atoms with Crippen molar-refractivity contribution in [2.75, 3.05) is 11.5 Å². The van der Waals surface area contributed by atoms with Crippen LogP contribution in [-0.2, 0) is 0 Å². The molecule has 0 fully saturated rings. The zero-order chi connectivity index (χ0) is 21.6. The molecule has 0 aliphatic heterocycles. The summed E-state index contributed by atoms with van der Waals surface area (Å²) in [7, 11) is 0. The van der Waals surface area contributed by atoms with Crippen molar-refractivity contribution < 1.29 is 4.79 Å². The van der Waals surface area contributed by atoms with E-state index in [1.54, 1.807) is 18.3 Å². The molecule has 5 nitrogen and oxygen atoms in total. The number of hydrogen-bond donors (Lipinski definition) is 3. The molecule has 0 atom stereocenters. The smallest absolute Gasteiger partial charge is 0.271 e. The second kappa shape index (κ2) is 8.97. The molecule has 0 radical (unpaired) electrons. The van der Waals surface area contributed by atoms with Crippen LogP contribution in [0.2, 0.25) is 0 Å². The van der Waals surface area contributed by atoms with E-state index in [0.717, 1.165) is 39.2 Å². The van der Waals surface area contributed by atoms with Crippen LogP contribution in [0.5, 0.6) is 0 Å². The van der Waals surface area contributed by atoms with Crippen molar-refractivity contribution in [2.24, 2.45) is 5.10 Å². The van der Waals surface area contributed by atoms with E-state index in [2.05, 4.69) is 10.5 Å². The molecule has 0 aliphatic rings. The van der Waals surface area contributed by atoms with Gasteiger partial charge in [-0.2, -0.15) is 5.10 Å². The van der Waals surface area contributed by atoms with E-state index in [-0.39, 0.29) is 5.91 Å². The normalized spacial score (nSPS) is 10.8. The Labute approximate surface area is 181 Å². The fourth-order valence-corrected chi connectivity index (χ4v) is 3.16. The second-order valence-electron chi connectivity index (χ2n) is 7.14. The standard InChI is InChI=1S/C26H22N4O/c27-24-13-9-21(10-14-24)19-3-1-18(2-4-19)17-29-30-26(31)23-7-5-20(6-8-23)22-11-15-25(28)16-12-22/h1-17H,27-28H2,(H,30,31)/b29-17+. The number of nitrogens with one attached hydrogen (secondary N) is 1. The number of nitrogens with zero attached hydrogens (tertiary/aromatic N) is 1. The topological polar surface area (TPSA) is 93.5 Å². The number of nitrogen functional groups attached to an aromatic ring is 2. The highest BCUT2D eigenvalue weighted by Gasteiger charge is 2.05. The van der Waals surface area contributed by atoms with Gasteiger partial charge in [-0.15, -0.1) is 0 Å². The lowest BCUT2D eigenvalue weighted by atomic mass is 10.0. The van der Waals surface area contributed by atoms with Gasteiger partial charge in [0.05, 0.1) is 6.21 Å². The van der Waals surface area contributed by atoms with Gasteiger partial charge in [-0.3, -0.25) is 4.79 Å². The van der Waals surface area contributed by atoms with Crippen molar-refractivity contribution in [3.63, 3.8) is 0 Å². The highest BCUT2D eigenvalue weighted by Crippen LogP contribution is 2.22. The second-order valence-corrected chi connectivity index (χ2v) is 7.14. The summed E-state index contributed by atoms with van der Waals surface area (Å²) in [6.07, 6.45) is 1.62. The number of hydrogen-bond acceptors (Lipinski definition) is 4. The summed E-state index contributed by atoms with van der Waals surface area (Å²) in [5.41, 5.74) is 21.1. The first-order chi connectivity index (χ1) is 15.1. The minimum Gasteiger partial charge on any atom is -0.399 e. The first-order valence-electron chi connectivity index (χ1n) is 9.84. The fourth-order valence-electron chi connectivity index (χ4n) is 3.16. The quantitative estimate of drug-likeness (QED) is 0.249. The predicted octanol–water partition coefficient (Wildman–Crippen LogP) is 4.95. The van der Waals surface area contributed by atoms with Crippen LogP contribution in [0.1, 0.15) is 15.9 Å². The molecule has 0 aromatic heterocycles. The Kier molecular flexibility index (Phi) is 5.76. The largest absolute Gasteiger partial charge is 0.399 e. The van der Waals surface area contributed by atoms with E-state index < -0.39 is 0 Å². The monoisotopic (exact) mass is 406 g/mol. The van der Waals surface area contributed by atoms with Crippen LogP contribution in [-0.4, -0.2) is 12.1 Å². The minimum absolute atomic E-state index is 0.265. The molecule has 0 aliphatic carbocycles. The third kappa shape index (κ3) is 4.97. The van der Waals surface area contributed by atoms with Gasteiger partial charge in [0.15, 0.2) is 0 Å². The molecule has 0 spiro atoms. The molecule has 4 rings (SSSR count). The number of amides is 1. The van der Waals surface area contributed by atoms with Crippen LogP contribution in [0.4, 0.5) is 11.4 Å². The number of anilines is 2. The molecule has 152 valence electrons. The average Bonchev–Trinajstić information content (AvgIpc) is 2.81. The molecule has 0 saturated heterocycles. The molecule has 0 unspecified atom stereocenters. The Bertz CT molecular complexity index is 1190. The predicted molar refractivity (Wildman–Crippen MR) is 128 cm³/mol. The number of carbonyl (C=O) groups excluding carboxylic acids is 1. The zero-order valence-corrected chi connectivity index (χ0v) is 16.8. The van der Waals surface area contributed by atoms with Gasteiger partial charge in [-0.25, -0.2) is 5.43 Å². The van der Waals surface area contributed by atoms with E-state index >= 15 is 0 Å². The van der Waals surface area contributed by atoms with Crippen LogP contribution in [0, 0.1) is 0 Å². The van der Waals surface area contributed by atoms with E-state index in [1.165, 1.54) is 0 Å². The zero-order valence-electron chi connectivity index (χ0n) is 16.8. The van der Waals surface area contributed by atoms with Crippen LogP contribution in [0.3, 0.4) is 0 Å². The maximum atomic E-state index is 12.3. The summed E-state index contributed by atoms with van der Waals surface area (Å²) in [6.45, 7) is 0. The molecule has 4 aromatic carbocycles. The Morgan fingerprint density at radius 2 is 1.00 bits per heavy atom. The molecular weight excluding hydrogens is 384 g/mol. The molecule has 4 aromatic rings. The van der Waals surface area contributed by atoms with Crippen LogP contribution < -0.4 is 16.9 Å². The highest BCUT2D eigenvalue weighted by molar-refractivity contribution is 5.95. The Morgan fingerprint density at radius 3 is 1.45 bits per heavy atom. The summed E-state index contributed by atoms with van der Waals surface area (Å²) in [5.74, 6) is -0.265. The van der Waals surface area contributed by atoms with Gasteiger partial charge in [-0.1, -0.05) is 60.7 Å². The number of hydrazone groups is 1. The van der Waals surface area contributed by atoms with Crippen molar-refractivity contribution >= 4 is 23.5 Å². The van der Waals surface area contributed by atoms with Crippen LogP contribution in [0.25, 0.3) is 22.3 Å². The number of nitrogens with two attached hydrogens (primary N) is 2. The lowest BCUT2D eigenvalue weighted by Gasteiger charge is -2.05. The van der Waals surface area contributed by atoms with Gasteiger partial charge < -0.3 is 11.5 Å². The molecule has 1 amide bonds. The van der Waals surface area contributed by atoms with Crippen LogP contribution in [0.15, 0.2) is 102 Å². The van der Waals surface area contributed by atoms with E-state index in [1.807, 2.05) is 84.9 Å². The molecule has 31 heavy (non-hydrogen) atoms. The third-order valence-corrected chi connectivity index (χ3v) is 4.93.